The number of guanidine groups is 1. The van der Waals surface area contributed by atoms with Gasteiger partial charge in [0.15, 0.2) is 5.96 Å². The molecule has 0 saturated carbocycles. The third-order valence-corrected chi connectivity index (χ3v) is 4.63. The van der Waals surface area contributed by atoms with E-state index in [0.717, 1.165) is 24.0 Å². The molecule has 0 amide bonds. The molecule has 3 aromatic rings. The third-order valence-electron chi connectivity index (χ3n) is 4.63. The zero-order valence-corrected chi connectivity index (χ0v) is 14.2. The number of aliphatic imine (C=N–C) groups is 1. The van der Waals surface area contributed by atoms with Gasteiger partial charge in [0, 0.05) is 29.7 Å². The maximum atomic E-state index is 6.08. The Morgan fingerprint density at radius 3 is 2.72 bits per heavy atom. The van der Waals surface area contributed by atoms with Gasteiger partial charge in [-0.2, -0.15) is 5.10 Å². The van der Waals surface area contributed by atoms with Gasteiger partial charge in [0.25, 0.3) is 0 Å². The van der Waals surface area contributed by atoms with Gasteiger partial charge in [-0.3, -0.25) is 0 Å². The van der Waals surface area contributed by atoms with Gasteiger partial charge >= 0.3 is 0 Å². The summed E-state index contributed by atoms with van der Waals surface area (Å²) in [5.41, 5.74) is 7.52. The van der Waals surface area contributed by atoms with Gasteiger partial charge in [-0.15, -0.1) is 0 Å². The van der Waals surface area contributed by atoms with Crippen molar-refractivity contribution in [2.24, 2.45) is 10.7 Å². The Morgan fingerprint density at radius 1 is 1.12 bits per heavy atom. The summed E-state index contributed by atoms with van der Waals surface area (Å²) in [7, 11) is 0. The number of hydrogen-bond acceptors (Lipinski definition) is 4. The van der Waals surface area contributed by atoms with Crippen molar-refractivity contribution in [1.29, 1.82) is 0 Å². The summed E-state index contributed by atoms with van der Waals surface area (Å²) in [5, 5.41) is 9.96. The molecule has 0 aliphatic carbocycles. The molecule has 1 aromatic heterocycles. The Balaban J connectivity index is 2.00. The van der Waals surface area contributed by atoms with Crippen molar-refractivity contribution >= 4 is 16.7 Å². The Bertz CT molecular complexity index is 955. The molecule has 5 heteroatoms. The Hall–Kier alpha value is -3.08. The molecule has 0 saturated heterocycles. The SMILES string of the molecule is CCCC1=CNC(N)=NC1(c1ccc2ccccc2c1)n1cccn1. The fourth-order valence-electron chi connectivity index (χ4n) is 3.50. The quantitative estimate of drug-likeness (QED) is 0.770. The lowest BCUT2D eigenvalue weighted by Crippen LogP contribution is -2.45. The highest BCUT2D eigenvalue weighted by Gasteiger charge is 2.40. The van der Waals surface area contributed by atoms with Crippen LogP contribution in [-0.4, -0.2) is 15.7 Å². The number of nitrogens with two attached hydrogens (primary N) is 1. The number of benzene rings is 2. The summed E-state index contributed by atoms with van der Waals surface area (Å²) < 4.78 is 1.90. The number of rotatable bonds is 4. The molecule has 1 aliphatic rings. The van der Waals surface area contributed by atoms with E-state index in [1.807, 2.05) is 29.2 Å². The highest BCUT2D eigenvalue weighted by Crippen LogP contribution is 2.39. The van der Waals surface area contributed by atoms with Crippen LogP contribution < -0.4 is 11.1 Å². The predicted octanol–water partition coefficient (Wildman–Crippen LogP) is 3.34. The molecule has 4 rings (SSSR count). The Labute approximate surface area is 146 Å². The van der Waals surface area contributed by atoms with Gasteiger partial charge < -0.3 is 11.1 Å². The van der Waals surface area contributed by atoms with E-state index in [-0.39, 0.29) is 0 Å². The minimum Gasteiger partial charge on any atom is -0.370 e. The molecule has 0 radical (unpaired) electrons. The van der Waals surface area contributed by atoms with E-state index in [4.69, 9.17) is 10.7 Å². The Kier molecular flexibility index (Phi) is 3.76. The second-order valence-electron chi connectivity index (χ2n) is 6.25. The average molecular weight is 331 g/mol. The van der Waals surface area contributed by atoms with E-state index in [2.05, 4.69) is 53.7 Å². The molecule has 5 nitrogen and oxygen atoms in total. The zero-order chi connectivity index (χ0) is 17.3. The van der Waals surface area contributed by atoms with Gasteiger partial charge in [-0.25, -0.2) is 9.67 Å². The van der Waals surface area contributed by atoms with E-state index in [0.29, 0.717) is 5.96 Å². The van der Waals surface area contributed by atoms with Crippen LogP contribution >= 0.6 is 0 Å². The monoisotopic (exact) mass is 331 g/mol. The lowest BCUT2D eigenvalue weighted by atomic mass is 9.87. The molecule has 1 unspecified atom stereocenters. The van der Waals surface area contributed by atoms with Crippen molar-refractivity contribution in [3.8, 4) is 0 Å². The van der Waals surface area contributed by atoms with Gasteiger partial charge in [0.1, 0.15) is 0 Å². The van der Waals surface area contributed by atoms with Crippen LogP contribution in [-0.2, 0) is 5.66 Å². The van der Waals surface area contributed by atoms with E-state index >= 15 is 0 Å². The van der Waals surface area contributed by atoms with Crippen molar-refractivity contribution in [1.82, 2.24) is 15.1 Å². The van der Waals surface area contributed by atoms with Crippen LogP contribution in [0, 0.1) is 0 Å². The number of fused-ring (bicyclic) bond motifs is 1. The van der Waals surface area contributed by atoms with E-state index in [1.165, 1.54) is 10.8 Å². The molecule has 126 valence electrons. The molecule has 1 atom stereocenters. The Morgan fingerprint density at radius 2 is 1.96 bits per heavy atom. The first-order valence-corrected chi connectivity index (χ1v) is 8.55. The highest BCUT2D eigenvalue weighted by atomic mass is 15.4. The molecule has 1 aliphatic heterocycles. The van der Waals surface area contributed by atoms with Crippen molar-refractivity contribution < 1.29 is 0 Å². The van der Waals surface area contributed by atoms with Crippen LogP contribution in [0.4, 0.5) is 0 Å². The molecular weight excluding hydrogens is 310 g/mol. The largest absolute Gasteiger partial charge is 0.370 e. The van der Waals surface area contributed by atoms with Crippen LogP contribution in [0.1, 0.15) is 25.3 Å². The first kappa shape index (κ1) is 15.4. The molecule has 0 spiro atoms. The van der Waals surface area contributed by atoms with E-state index in [9.17, 15) is 0 Å². The molecule has 0 bridgehead atoms. The summed E-state index contributed by atoms with van der Waals surface area (Å²) in [5.74, 6) is 0.392. The number of aromatic nitrogens is 2. The number of nitrogens with one attached hydrogen (secondary N) is 1. The van der Waals surface area contributed by atoms with E-state index in [1.54, 1.807) is 6.20 Å². The molecule has 3 N–H and O–H groups in total. The van der Waals surface area contributed by atoms with Gasteiger partial charge in [0.2, 0.25) is 5.66 Å². The van der Waals surface area contributed by atoms with Crippen LogP contribution in [0.5, 0.6) is 0 Å². The fourth-order valence-corrected chi connectivity index (χ4v) is 3.50. The summed E-state index contributed by atoms with van der Waals surface area (Å²) in [6.07, 6.45) is 7.61. The molecule has 2 heterocycles. The first-order valence-electron chi connectivity index (χ1n) is 8.55. The average Bonchev–Trinajstić information content (AvgIpc) is 3.18. The molecule has 0 fully saturated rings. The molecular formula is C20H21N5. The minimum absolute atomic E-state index is 0.392. The summed E-state index contributed by atoms with van der Waals surface area (Å²) >= 11 is 0. The van der Waals surface area contributed by atoms with Crippen LogP contribution in [0.2, 0.25) is 0 Å². The van der Waals surface area contributed by atoms with Crippen molar-refractivity contribution in [3.05, 3.63) is 78.3 Å². The standard InChI is InChI=1S/C20H21N5/c1-2-6-18-14-22-19(21)24-20(18,25-12-5-11-23-25)17-10-9-15-7-3-4-8-16(15)13-17/h3-5,7-14H,2,6H2,1H3,(H3,21,22,24). The number of hydrogen-bond donors (Lipinski definition) is 2. The van der Waals surface area contributed by atoms with E-state index < -0.39 is 5.66 Å². The smallest absolute Gasteiger partial charge is 0.204 e. The summed E-state index contributed by atoms with van der Waals surface area (Å²) in [6.45, 7) is 2.16. The van der Waals surface area contributed by atoms with Gasteiger partial charge in [-0.1, -0.05) is 49.7 Å². The first-order chi connectivity index (χ1) is 12.2. The maximum Gasteiger partial charge on any atom is 0.204 e. The molecule has 2 aromatic carbocycles. The van der Waals surface area contributed by atoms with Crippen molar-refractivity contribution in [3.63, 3.8) is 0 Å². The third kappa shape index (κ3) is 2.48. The maximum absolute atomic E-state index is 6.08. The lowest BCUT2D eigenvalue weighted by molar-refractivity contribution is 0.376. The van der Waals surface area contributed by atoms with Gasteiger partial charge in [-0.05, 0) is 29.3 Å². The van der Waals surface area contributed by atoms with Crippen LogP contribution in [0.3, 0.4) is 0 Å². The van der Waals surface area contributed by atoms with Crippen LogP contribution in [0.15, 0.2) is 77.7 Å². The highest BCUT2D eigenvalue weighted by molar-refractivity contribution is 5.85. The molecule has 25 heavy (non-hydrogen) atoms. The predicted molar refractivity (Wildman–Crippen MR) is 101 cm³/mol. The zero-order valence-electron chi connectivity index (χ0n) is 14.2. The van der Waals surface area contributed by atoms with Crippen molar-refractivity contribution in [2.75, 3.05) is 0 Å². The van der Waals surface area contributed by atoms with Crippen LogP contribution in [0.25, 0.3) is 10.8 Å². The normalized spacial score (nSPS) is 20.0. The lowest BCUT2D eigenvalue weighted by Gasteiger charge is -2.36. The topological polar surface area (TPSA) is 68.2 Å². The van der Waals surface area contributed by atoms with Gasteiger partial charge in [0.05, 0.1) is 0 Å². The summed E-state index contributed by atoms with van der Waals surface area (Å²) in [4.78, 5) is 4.85. The summed E-state index contributed by atoms with van der Waals surface area (Å²) in [6, 6.07) is 16.7. The fraction of sp³-hybridized carbons (Fsp3) is 0.200. The second kappa shape index (κ2) is 6.09. The van der Waals surface area contributed by atoms with Crippen molar-refractivity contribution in [2.45, 2.75) is 25.4 Å². The second-order valence-corrected chi connectivity index (χ2v) is 6.25. The minimum atomic E-state index is -0.751. The number of nitrogens with zero attached hydrogens (tertiary/aromatic N) is 3.